The van der Waals surface area contributed by atoms with Crippen molar-refractivity contribution in [2.45, 2.75) is 83.6 Å². The molecule has 1 aromatic heterocycles. The van der Waals surface area contributed by atoms with Crippen LogP contribution >= 0.6 is 0 Å². The molecule has 1 unspecified atom stereocenters. The Hall–Kier alpha value is -1.34. The van der Waals surface area contributed by atoms with Gasteiger partial charge in [0.25, 0.3) is 0 Å². The number of hydrogen-bond donors (Lipinski definition) is 0. The summed E-state index contributed by atoms with van der Waals surface area (Å²) in [6.45, 7) is 2.29. The number of benzene rings is 1. The zero-order chi connectivity index (χ0) is 17.6. The summed E-state index contributed by atoms with van der Waals surface area (Å²) in [5.74, 6) is 0. The molecular weight excluding hydrogens is 338 g/mol. The Labute approximate surface area is 167 Å². The van der Waals surface area contributed by atoms with Crippen LogP contribution < -0.4 is 17.0 Å². The molecule has 0 fully saturated rings. The van der Waals surface area contributed by atoms with Crippen molar-refractivity contribution in [1.82, 2.24) is 0 Å². The molecule has 0 bridgehead atoms. The van der Waals surface area contributed by atoms with E-state index in [2.05, 4.69) is 72.4 Å². The largest absolute Gasteiger partial charge is 1.00 e. The summed E-state index contributed by atoms with van der Waals surface area (Å²) in [5.41, 5.74) is 1.44. The Morgan fingerprint density at radius 1 is 0.692 bits per heavy atom. The third-order valence-electron chi connectivity index (χ3n) is 5.12. The van der Waals surface area contributed by atoms with Crippen LogP contribution in [0.25, 0.3) is 0 Å². The lowest BCUT2D eigenvalue weighted by molar-refractivity contribution is -0.723. The Bertz CT molecular complexity index is 541. The third kappa shape index (κ3) is 9.38. The predicted octanol–water partition coefficient (Wildman–Crippen LogP) is 3.68. The van der Waals surface area contributed by atoms with Gasteiger partial charge in [0, 0.05) is 25.0 Å². The van der Waals surface area contributed by atoms with E-state index in [-0.39, 0.29) is 12.4 Å². The summed E-state index contributed by atoms with van der Waals surface area (Å²) in [4.78, 5) is 0. The average Bonchev–Trinajstić information content (AvgIpc) is 2.67. The van der Waals surface area contributed by atoms with Gasteiger partial charge in [-0.1, -0.05) is 94.7 Å². The minimum atomic E-state index is 0. The highest BCUT2D eigenvalue weighted by Crippen LogP contribution is 2.17. The minimum Gasteiger partial charge on any atom is -1.00 e. The van der Waals surface area contributed by atoms with E-state index in [0.717, 1.165) is 6.42 Å². The van der Waals surface area contributed by atoms with Crippen molar-refractivity contribution in [3.05, 3.63) is 66.5 Å². The van der Waals surface area contributed by atoms with Gasteiger partial charge in [-0.3, -0.25) is 0 Å². The molecule has 144 valence electrons. The molecule has 0 aliphatic heterocycles. The fraction of sp³-hybridized carbons (Fsp3) is 0.542. The van der Waals surface area contributed by atoms with Crippen molar-refractivity contribution >= 4 is 0 Å². The number of nitrogens with zero attached hydrogens (tertiary/aromatic N) is 1. The second kappa shape index (κ2) is 14.8. The molecule has 0 saturated heterocycles. The van der Waals surface area contributed by atoms with E-state index in [1.807, 2.05) is 0 Å². The number of unbranched alkanes of at least 4 members (excludes halogenated alkanes) is 8. The predicted molar refractivity (Wildman–Crippen MR) is 108 cm³/mol. The zero-order valence-electron chi connectivity index (χ0n) is 16.5. The van der Waals surface area contributed by atoms with Crippen LogP contribution in [-0.2, 0) is 6.42 Å². The standard InChI is InChI=1S/C24H36N.ClH/c1-2-3-4-5-6-7-8-9-14-19-24(25-20-15-11-16-21-25)22-23-17-12-10-13-18-23;/h10-13,15-18,20-21,24H,2-9,14,19,22H2,1H3;1H/q+1;/p-1. The molecular formula is C24H36ClN. The van der Waals surface area contributed by atoms with Gasteiger partial charge in [0.1, 0.15) is 0 Å². The lowest BCUT2D eigenvalue weighted by Crippen LogP contribution is -3.00. The molecule has 0 spiro atoms. The van der Waals surface area contributed by atoms with Crippen LogP contribution in [0.5, 0.6) is 0 Å². The summed E-state index contributed by atoms with van der Waals surface area (Å²) < 4.78 is 2.40. The summed E-state index contributed by atoms with van der Waals surface area (Å²) >= 11 is 0. The first-order chi connectivity index (χ1) is 12.4. The van der Waals surface area contributed by atoms with Gasteiger partial charge >= 0.3 is 0 Å². The zero-order valence-corrected chi connectivity index (χ0v) is 17.2. The molecule has 1 aromatic carbocycles. The van der Waals surface area contributed by atoms with Crippen LogP contribution in [0.4, 0.5) is 0 Å². The smallest absolute Gasteiger partial charge is 0.169 e. The van der Waals surface area contributed by atoms with Gasteiger partial charge in [0.05, 0.1) is 0 Å². The second-order valence-electron chi connectivity index (χ2n) is 7.28. The Kier molecular flexibility index (Phi) is 12.9. The third-order valence-corrected chi connectivity index (χ3v) is 5.12. The topological polar surface area (TPSA) is 3.88 Å². The second-order valence-corrected chi connectivity index (χ2v) is 7.28. The lowest BCUT2D eigenvalue weighted by atomic mass is 9.99. The van der Waals surface area contributed by atoms with Crippen LogP contribution in [0.2, 0.25) is 0 Å². The number of hydrogen-bond acceptors (Lipinski definition) is 0. The van der Waals surface area contributed by atoms with Crippen LogP contribution in [0.1, 0.15) is 82.7 Å². The van der Waals surface area contributed by atoms with Crippen molar-refractivity contribution in [3.8, 4) is 0 Å². The molecule has 1 atom stereocenters. The number of pyridine rings is 1. The van der Waals surface area contributed by atoms with Crippen LogP contribution in [-0.4, -0.2) is 0 Å². The van der Waals surface area contributed by atoms with Gasteiger partial charge in [-0.25, -0.2) is 4.57 Å². The summed E-state index contributed by atoms with van der Waals surface area (Å²) in [6.07, 6.45) is 19.5. The van der Waals surface area contributed by atoms with Crippen LogP contribution in [0.3, 0.4) is 0 Å². The molecule has 0 amide bonds. The van der Waals surface area contributed by atoms with E-state index in [0.29, 0.717) is 6.04 Å². The maximum atomic E-state index is 2.40. The maximum absolute atomic E-state index is 2.40. The summed E-state index contributed by atoms with van der Waals surface area (Å²) in [7, 11) is 0. The minimum absolute atomic E-state index is 0. The highest BCUT2D eigenvalue weighted by Gasteiger charge is 2.18. The molecule has 2 rings (SSSR count). The van der Waals surface area contributed by atoms with E-state index in [1.54, 1.807) is 0 Å². The highest BCUT2D eigenvalue weighted by atomic mass is 35.5. The van der Waals surface area contributed by atoms with E-state index < -0.39 is 0 Å². The molecule has 0 aliphatic rings. The molecule has 2 aromatic rings. The fourth-order valence-corrected chi connectivity index (χ4v) is 3.59. The summed E-state index contributed by atoms with van der Waals surface area (Å²) in [6, 6.07) is 17.9. The number of aromatic nitrogens is 1. The lowest BCUT2D eigenvalue weighted by Gasteiger charge is -2.13. The monoisotopic (exact) mass is 373 g/mol. The highest BCUT2D eigenvalue weighted by molar-refractivity contribution is 5.15. The van der Waals surface area contributed by atoms with E-state index >= 15 is 0 Å². The van der Waals surface area contributed by atoms with Crippen molar-refractivity contribution in [2.75, 3.05) is 0 Å². The molecule has 0 N–H and O–H groups in total. The van der Waals surface area contributed by atoms with Gasteiger partial charge in [-0.15, -0.1) is 0 Å². The van der Waals surface area contributed by atoms with Crippen molar-refractivity contribution in [2.24, 2.45) is 0 Å². The summed E-state index contributed by atoms with van der Waals surface area (Å²) in [5, 5.41) is 0. The molecule has 0 saturated carbocycles. The van der Waals surface area contributed by atoms with Gasteiger partial charge in [-0.05, 0) is 12.0 Å². The first kappa shape index (κ1) is 22.7. The molecule has 1 heterocycles. The average molecular weight is 374 g/mol. The van der Waals surface area contributed by atoms with E-state index in [4.69, 9.17) is 0 Å². The van der Waals surface area contributed by atoms with Crippen LogP contribution in [0.15, 0.2) is 60.9 Å². The van der Waals surface area contributed by atoms with E-state index in [9.17, 15) is 0 Å². The Balaban J connectivity index is 0.00000338. The van der Waals surface area contributed by atoms with Gasteiger partial charge < -0.3 is 12.4 Å². The maximum Gasteiger partial charge on any atom is 0.169 e. The molecule has 1 nitrogen and oxygen atoms in total. The van der Waals surface area contributed by atoms with Gasteiger partial charge in [0.15, 0.2) is 18.4 Å². The Morgan fingerprint density at radius 2 is 1.23 bits per heavy atom. The number of halogens is 1. The first-order valence-corrected chi connectivity index (χ1v) is 10.4. The fourth-order valence-electron chi connectivity index (χ4n) is 3.59. The van der Waals surface area contributed by atoms with Crippen LogP contribution in [0, 0.1) is 0 Å². The van der Waals surface area contributed by atoms with Gasteiger partial charge in [0.2, 0.25) is 0 Å². The molecule has 2 heteroatoms. The normalized spacial score (nSPS) is 11.7. The SMILES string of the molecule is CCCCCCCCCCCC(Cc1ccccc1)[n+]1ccccc1.[Cl-]. The number of rotatable bonds is 13. The van der Waals surface area contributed by atoms with Crippen molar-refractivity contribution < 1.29 is 17.0 Å². The molecule has 26 heavy (non-hydrogen) atoms. The molecule has 0 radical (unpaired) electrons. The quantitative estimate of drug-likeness (QED) is 0.372. The first-order valence-electron chi connectivity index (χ1n) is 10.4. The van der Waals surface area contributed by atoms with E-state index in [1.165, 1.54) is 69.8 Å². The Morgan fingerprint density at radius 3 is 1.85 bits per heavy atom. The van der Waals surface area contributed by atoms with Gasteiger partial charge in [-0.2, -0.15) is 0 Å². The molecule has 0 aliphatic carbocycles. The van der Waals surface area contributed by atoms with Crippen molar-refractivity contribution in [1.29, 1.82) is 0 Å². The van der Waals surface area contributed by atoms with Crippen molar-refractivity contribution in [3.63, 3.8) is 0 Å².